The molecule has 8 heteroatoms. The van der Waals surface area contributed by atoms with Crippen LogP contribution in [0.5, 0.6) is 0 Å². The lowest BCUT2D eigenvalue weighted by Crippen LogP contribution is -2.47. The van der Waals surface area contributed by atoms with Crippen molar-refractivity contribution >= 4 is 29.9 Å². The highest BCUT2D eigenvalue weighted by molar-refractivity contribution is 14.0. The van der Waals surface area contributed by atoms with Crippen LogP contribution in [0.1, 0.15) is 65.0 Å². The number of aryl methyl sites for hydroxylation is 1. The van der Waals surface area contributed by atoms with Gasteiger partial charge in [-0.2, -0.15) is 0 Å². The molecule has 2 unspecified atom stereocenters. The minimum atomic E-state index is 0. The van der Waals surface area contributed by atoms with Gasteiger partial charge in [0.25, 0.3) is 0 Å². The van der Waals surface area contributed by atoms with Crippen LogP contribution < -0.4 is 10.6 Å². The van der Waals surface area contributed by atoms with Gasteiger partial charge in [-0.1, -0.05) is 20.8 Å². The van der Waals surface area contributed by atoms with Crippen LogP contribution in [0.25, 0.3) is 0 Å². The van der Waals surface area contributed by atoms with E-state index in [2.05, 4.69) is 53.4 Å². The minimum Gasteiger partial charge on any atom is -0.355 e. The summed E-state index contributed by atoms with van der Waals surface area (Å²) in [4.78, 5) is 7.35. The second-order valence-electron chi connectivity index (χ2n) is 8.21. The van der Waals surface area contributed by atoms with Crippen molar-refractivity contribution in [3.05, 3.63) is 11.6 Å². The molecule has 2 N–H and O–H groups in total. The first kappa shape index (κ1) is 25.1. The summed E-state index contributed by atoms with van der Waals surface area (Å²) in [6, 6.07) is 0.996. The SMILES string of the molecule is CCN1CCCC1CNC(=NCc1nnc(C)n1C)NC(C)CCC(C)C.I. The molecule has 2 atom stereocenters. The first-order chi connectivity index (χ1) is 12.9. The van der Waals surface area contributed by atoms with E-state index in [0.29, 0.717) is 18.6 Å². The van der Waals surface area contributed by atoms with Crippen molar-refractivity contribution < 1.29 is 0 Å². The Morgan fingerprint density at radius 3 is 2.61 bits per heavy atom. The maximum atomic E-state index is 4.80. The topological polar surface area (TPSA) is 70.4 Å². The van der Waals surface area contributed by atoms with E-state index in [9.17, 15) is 0 Å². The summed E-state index contributed by atoms with van der Waals surface area (Å²) < 4.78 is 2.00. The van der Waals surface area contributed by atoms with Gasteiger partial charge in [0.05, 0.1) is 0 Å². The van der Waals surface area contributed by atoms with Gasteiger partial charge < -0.3 is 15.2 Å². The number of likely N-dealkylation sites (N-methyl/N-ethyl adjacent to an activating group) is 1. The molecule has 1 aromatic rings. The van der Waals surface area contributed by atoms with Crippen molar-refractivity contribution in [2.24, 2.45) is 18.0 Å². The number of hydrogen-bond donors (Lipinski definition) is 2. The van der Waals surface area contributed by atoms with Crippen molar-refractivity contribution in [3.63, 3.8) is 0 Å². The zero-order chi connectivity index (χ0) is 19.8. The number of rotatable bonds is 9. The Morgan fingerprint density at radius 2 is 2.00 bits per heavy atom. The van der Waals surface area contributed by atoms with Crippen molar-refractivity contribution in [1.82, 2.24) is 30.3 Å². The molecule has 1 aliphatic heterocycles. The quantitative estimate of drug-likeness (QED) is 0.307. The molecule has 0 aromatic carbocycles. The zero-order valence-corrected chi connectivity index (χ0v) is 20.9. The second-order valence-corrected chi connectivity index (χ2v) is 8.21. The van der Waals surface area contributed by atoms with Gasteiger partial charge in [0, 0.05) is 25.7 Å². The van der Waals surface area contributed by atoms with Crippen molar-refractivity contribution in [2.75, 3.05) is 19.6 Å². The molecule has 2 heterocycles. The molecule has 1 saturated heterocycles. The van der Waals surface area contributed by atoms with E-state index >= 15 is 0 Å². The molecule has 0 bridgehead atoms. The Bertz CT molecular complexity index is 599. The molecule has 0 amide bonds. The summed E-state index contributed by atoms with van der Waals surface area (Å²) in [5.41, 5.74) is 0. The Kier molecular flexibility index (Phi) is 11.3. The fraction of sp³-hybridized carbons (Fsp3) is 0.850. The second kappa shape index (κ2) is 12.6. The third kappa shape index (κ3) is 7.85. The van der Waals surface area contributed by atoms with Gasteiger partial charge in [-0.25, -0.2) is 4.99 Å². The predicted molar refractivity (Wildman–Crippen MR) is 127 cm³/mol. The summed E-state index contributed by atoms with van der Waals surface area (Å²) in [6.45, 7) is 14.8. The fourth-order valence-corrected chi connectivity index (χ4v) is 3.54. The lowest BCUT2D eigenvalue weighted by Gasteiger charge is -2.25. The summed E-state index contributed by atoms with van der Waals surface area (Å²) in [6.07, 6.45) is 4.92. The molecule has 1 aliphatic rings. The highest BCUT2D eigenvalue weighted by Gasteiger charge is 2.23. The van der Waals surface area contributed by atoms with E-state index in [4.69, 9.17) is 4.99 Å². The van der Waals surface area contributed by atoms with Crippen LogP contribution in [-0.4, -0.2) is 57.3 Å². The third-order valence-corrected chi connectivity index (χ3v) is 5.53. The van der Waals surface area contributed by atoms with E-state index in [1.165, 1.54) is 25.8 Å². The lowest BCUT2D eigenvalue weighted by molar-refractivity contribution is 0.266. The number of aliphatic imine (C=N–C) groups is 1. The molecule has 0 radical (unpaired) electrons. The van der Waals surface area contributed by atoms with Crippen molar-refractivity contribution in [1.29, 1.82) is 0 Å². The van der Waals surface area contributed by atoms with Gasteiger partial charge in [-0.15, -0.1) is 34.2 Å². The number of halogens is 1. The molecular weight excluding hydrogens is 465 g/mol. The fourth-order valence-electron chi connectivity index (χ4n) is 3.54. The summed E-state index contributed by atoms with van der Waals surface area (Å²) in [7, 11) is 1.99. The maximum absolute atomic E-state index is 4.80. The number of guanidine groups is 1. The summed E-state index contributed by atoms with van der Waals surface area (Å²) in [5, 5.41) is 15.5. The van der Waals surface area contributed by atoms with Gasteiger partial charge in [-0.05, 0) is 58.5 Å². The smallest absolute Gasteiger partial charge is 0.191 e. The number of nitrogens with one attached hydrogen (secondary N) is 2. The molecule has 28 heavy (non-hydrogen) atoms. The van der Waals surface area contributed by atoms with E-state index in [1.807, 2.05) is 18.5 Å². The number of aromatic nitrogens is 3. The summed E-state index contributed by atoms with van der Waals surface area (Å²) in [5.74, 6) is 3.41. The third-order valence-electron chi connectivity index (χ3n) is 5.53. The van der Waals surface area contributed by atoms with E-state index in [-0.39, 0.29) is 24.0 Å². The van der Waals surface area contributed by atoms with Crippen LogP contribution >= 0.6 is 24.0 Å². The molecule has 162 valence electrons. The van der Waals surface area contributed by atoms with E-state index in [0.717, 1.165) is 43.0 Å². The molecular formula is C20H40IN7. The van der Waals surface area contributed by atoms with Crippen LogP contribution in [0, 0.1) is 12.8 Å². The molecule has 1 aromatic heterocycles. The normalized spacial score (nSPS) is 19.0. The molecule has 2 rings (SSSR count). The van der Waals surface area contributed by atoms with E-state index < -0.39 is 0 Å². The molecule has 0 spiro atoms. The Balaban J connectivity index is 0.00000392. The van der Waals surface area contributed by atoms with Crippen molar-refractivity contribution in [3.8, 4) is 0 Å². The van der Waals surface area contributed by atoms with Gasteiger partial charge >= 0.3 is 0 Å². The summed E-state index contributed by atoms with van der Waals surface area (Å²) >= 11 is 0. The van der Waals surface area contributed by atoms with Gasteiger partial charge in [0.15, 0.2) is 11.8 Å². The lowest BCUT2D eigenvalue weighted by atomic mass is 10.0. The zero-order valence-electron chi connectivity index (χ0n) is 18.5. The first-order valence-electron chi connectivity index (χ1n) is 10.5. The van der Waals surface area contributed by atoms with Gasteiger partial charge in [0.2, 0.25) is 0 Å². The average Bonchev–Trinajstić information content (AvgIpc) is 3.22. The standard InChI is InChI=1S/C20H39N7.HI/c1-7-27-12-8-9-18(27)13-21-20(23-16(4)11-10-15(2)3)22-14-19-25-24-17(5)26(19)6;/h15-16,18H,7-14H2,1-6H3,(H2,21,22,23);1H. The first-order valence-corrected chi connectivity index (χ1v) is 10.5. The Morgan fingerprint density at radius 1 is 1.25 bits per heavy atom. The van der Waals surface area contributed by atoms with Crippen molar-refractivity contribution in [2.45, 2.75) is 78.9 Å². The Labute approximate surface area is 188 Å². The minimum absolute atomic E-state index is 0. The van der Waals surface area contributed by atoms with Crippen LogP contribution in [0.15, 0.2) is 4.99 Å². The van der Waals surface area contributed by atoms with Gasteiger partial charge in [-0.3, -0.25) is 4.90 Å². The monoisotopic (exact) mass is 505 g/mol. The van der Waals surface area contributed by atoms with Crippen LogP contribution in [0.2, 0.25) is 0 Å². The number of likely N-dealkylation sites (tertiary alicyclic amines) is 1. The molecule has 1 fully saturated rings. The largest absolute Gasteiger partial charge is 0.355 e. The number of hydrogen-bond acceptors (Lipinski definition) is 4. The Hall–Kier alpha value is -0.900. The van der Waals surface area contributed by atoms with Crippen LogP contribution in [0.4, 0.5) is 0 Å². The molecule has 7 nitrogen and oxygen atoms in total. The highest BCUT2D eigenvalue weighted by atomic mass is 127. The van der Waals surface area contributed by atoms with Crippen LogP contribution in [-0.2, 0) is 13.6 Å². The number of nitrogens with zero attached hydrogens (tertiary/aromatic N) is 5. The molecule has 0 aliphatic carbocycles. The molecule has 0 saturated carbocycles. The van der Waals surface area contributed by atoms with E-state index in [1.54, 1.807) is 0 Å². The maximum Gasteiger partial charge on any atom is 0.191 e. The van der Waals surface area contributed by atoms with Gasteiger partial charge in [0.1, 0.15) is 12.4 Å². The van der Waals surface area contributed by atoms with Crippen LogP contribution in [0.3, 0.4) is 0 Å². The highest BCUT2D eigenvalue weighted by Crippen LogP contribution is 2.15. The predicted octanol–water partition coefficient (Wildman–Crippen LogP) is 3.09. The average molecular weight is 505 g/mol.